The molecule has 7 heteroatoms. The summed E-state index contributed by atoms with van der Waals surface area (Å²) in [4.78, 5) is 22.4. The number of nitrogens with zero attached hydrogens (tertiary/aromatic N) is 1. The molecule has 0 aliphatic heterocycles. The molecule has 0 bridgehead atoms. The van der Waals surface area contributed by atoms with E-state index in [-0.39, 0.29) is 34.8 Å². The number of benzene rings is 2. The first-order valence-corrected chi connectivity index (χ1v) is 8.52. The van der Waals surface area contributed by atoms with E-state index in [1.165, 1.54) is 12.1 Å². The third kappa shape index (κ3) is 4.95. The number of carbonyl (C=O) groups is 1. The van der Waals surface area contributed by atoms with E-state index in [0.717, 1.165) is 17.4 Å². The Labute approximate surface area is 157 Å². The van der Waals surface area contributed by atoms with Crippen LogP contribution in [0.4, 0.5) is 5.69 Å². The van der Waals surface area contributed by atoms with Crippen LogP contribution < -0.4 is 10.1 Å². The molecule has 1 N–H and O–H groups in total. The first-order chi connectivity index (χ1) is 12.2. The average Bonchev–Trinajstić information content (AvgIpc) is 2.58. The molecule has 26 heavy (non-hydrogen) atoms. The summed E-state index contributed by atoms with van der Waals surface area (Å²) in [5.41, 5.74) is 0.910. The smallest absolute Gasteiger partial charge is 0.288 e. The number of carbonyl (C=O) groups excluding carboxylic acids is 1. The highest BCUT2D eigenvalue weighted by molar-refractivity contribution is 6.32. The molecule has 2 rings (SSSR count). The molecule has 0 fully saturated rings. The van der Waals surface area contributed by atoms with E-state index < -0.39 is 10.8 Å². The fourth-order valence-corrected chi connectivity index (χ4v) is 2.62. The second-order valence-corrected chi connectivity index (χ2v) is 7.18. The van der Waals surface area contributed by atoms with Crippen molar-refractivity contribution in [3.63, 3.8) is 0 Å². The number of halogens is 1. The van der Waals surface area contributed by atoms with Gasteiger partial charge < -0.3 is 10.1 Å². The van der Waals surface area contributed by atoms with Crippen LogP contribution in [-0.2, 0) is 5.41 Å². The zero-order chi connectivity index (χ0) is 19.3. The van der Waals surface area contributed by atoms with Crippen LogP contribution in [0.5, 0.6) is 5.75 Å². The van der Waals surface area contributed by atoms with Crippen molar-refractivity contribution in [2.24, 2.45) is 0 Å². The zero-order valence-electron chi connectivity index (χ0n) is 14.9. The van der Waals surface area contributed by atoms with Gasteiger partial charge in [-0.3, -0.25) is 14.9 Å². The molecule has 0 aromatic heterocycles. The van der Waals surface area contributed by atoms with E-state index >= 15 is 0 Å². The average molecular weight is 377 g/mol. The van der Waals surface area contributed by atoms with Gasteiger partial charge in [-0.2, -0.15) is 0 Å². The van der Waals surface area contributed by atoms with Crippen molar-refractivity contribution < 1.29 is 14.5 Å². The fourth-order valence-electron chi connectivity index (χ4n) is 2.43. The minimum atomic E-state index is -0.619. The van der Waals surface area contributed by atoms with E-state index in [2.05, 4.69) is 26.1 Å². The Morgan fingerprint density at radius 2 is 1.92 bits per heavy atom. The van der Waals surface area contributed by atoms with Gasteiger partial charge in [-0.15, -0.1) is 0 Å². The Bertz CT molecular complexity index is 815. The van der Waals surface area contributed by atoms with Gasteiger partial charge in [0.25, 0.3) is 11.6 Å². The number of nitro benzene ring substituents is 1. The Morgan fingerprint density at radius 3 is 2.58 bits per heavy atom. The van der Waals surface area contributed by atoms with Gasteiger partial charge in [0.05, 0.1) is 11.5 Å². The molecular formula is C19H21ClN2O4. The first kappa shape index (κ1) is 19.7. The lowest BCUT2D eigenvalue weighted by molar-refractivity contribution is -0.384. The summed E-state index contributed by atoms with van der Waals surface area (Å²) in [6.07, 6.45) is 0. The second kappa shape index (κ2) is 8.19. The summed E-state index contributed by atoms with van der Waals surface area (Å²) < 4.78 is 5.79. The maximum atomic E-state index is 12.1. The number of para-hydroxylation sites is 1. The zero-order valence-corrected chi connectivity index (χ0v) is 15.7. The molecule has 0 atom stereocenters. The molecule has 0 saturated carbocycles. The summed E-state index contributed by atoms with van der Waals surface area (Å²) in [5.74, 6) is 0.355. The summed E-state index contributed by atoms with van der Waals surface area (Å²) in [6.45, 7) is 6.86. The molecule has 0 heterocycles. The van der Waals surface area contributed by atoms with E-state index in [4.69, 9.17) is 16.3 Å². The van der Waals surface area contributed by atoms with Crippen LogP contribution in [0.15, 0.2) is 42.5 Å². The van der Waals surface area contributed by atoms with Crippen LogP contribution in [0.3, 0.4) is 0 Å². The number of hydrogen-bond donors (Lipinski definition) is 1. The summed E-state index contributed by atoms with van der Waals surface area (Å²) >= 11 is 5.75. The lowest BCUT2D eigenvalue weighted by Crippen LogP contribution is -2.28. The molecule has 0 radical (unpaired) electrons. The molecule has 2 aromatic rings. The van der Waals surface area contributed by atoms with Crippen molar-refractivity contribution in [3.8, 4) is 5.75 Å². The number of hydrogen-bond acceptors (Lipinski definition) is 4. The quantitative estimate of drug-likeness (QED) is 0.461. The highest BCUT2D eigenvalue weighted by Crippen LogP contribution is 2.30. The second-order valence-electron chi connectivity index (χ2n) is 6.77. The molecule has 138 valence electrons. The number of amides is 1. The number of rotatable bonds is 6. The molecule has 2 aromatic carbocycles. The first-order valence-electron chi connectivity index (χ1n) is 8.14. The van der Waals surface area contributed by atoms with Crippen LogP contribution in [0.25, 0.3) is 0 Å². The number of ether oxygens (including phenoxy) is 1. The molecule has 1 amide bonds. The molecule has 0 unspecified atom stereocenters. The lowest BCUT2D eigenvalue weighted by atomic mass is 9.86. The number of nitrogens with one attached hydrogen (secondary N) is 1. The molecule has 0 aliphatic carbocycles. The predicted molar refractivity (Wildman–Crippen MR) is 101 cm³/mol. The Kier molecular flexibility index (Phi) is 6.21. The fraction of sp³-hybridized carbons (Fsp3) is 0.316. The minimum Gasteiger partial charge on any atom is -0.491 e. The summed E-state index contributed by atoms with van der Waals surface area (Å²) in [7, 11) is 0. The van der Waals surface area contributed by atoms with Crippen LogP contribution in [0.2, 0.25) is 5.02 Å². The highest BCUT2D eigenvalue weighted by Gasteiger charge is 2.19. The van der Waals surface area contributed by atoms with Gasteiger partial charge in [0.2, 0.25) is 0 Å². The topological polar surface area (TPSA) is 81.5 Å². The third-order valence-corrected chi connectivity index (χ3v) is 4.06. The molecular weight excluding hydrogens is 356 g/mol. The molecule has 0 spiro atoms. The normalized spacial score (nSPS) is 11.1. The lowest BCUT2D eigenvalue weighted by Gasteiger charge is -2.22. The van der Waals surface area contributed by atoms with E-state index in [1.807, 2.05) is 24.3 Å². The van der Waals surface area contributed by atoms with Gasteiger partial charge in [-0.25, -0.2) is 0 Å². The van der Waals surface area contributed by atoms with Crippen LogP contribution >= 0.6 is 11.6 Å². The van der Waals surface area contributed by atoms with E-state index in [1.54, 1.807) is 0 Å². The third-order valence-electron chi connectivity index (χ3n) is 3.75. The highest BCUT2D eigenvalue weighted by atomic mass is 35.5. The predicted octanol–water partition coefficient (Wildman–Crippen LogP) is 4.35. The van der Waals surface area contributed by atoms with Gasteiger partial charge in [-0.1, -0.05) is 50.6 Å². The van der Waals surface area contributed by atoms with Crippen molar-refractivity contribution >= 4 is 23.2 Å². The van der Waals surface area contributed by atoms with Crippen molar-refractivity contribution in [2.75, 3.05) is 13.2 Å². The largest absolute Gasteiger partial charge is 0.491 e. The van der Waals surface area contributed by atoms with Crippen molar-refractivity contribution in [2.45, 2.75) is 26.2 Å². The molecule has 0 aliphatic rings. The standard InChI is InChI=1S/C19H21ClN2O4/c1-19(2,3)14-6-4-5-7-17(14)26-11-10-21-18(23)13-8-9-15(20)16(12-13)22(24)25/h4-9,12H,10-11H2,1-3H3,(H,21,23). The van der Waals surface area contributed by atoms with E-state index in [9.17, 15) is 14.9 Å². The van der Waals surface area contributed by atoms with E-state index in [0.29, 0.717) is 0 Å². The summed E-state index contributed by atoms with van der Waals surface area (Å²) in [6, 6.07) is 11.7. The molecule has 6 nitrogen and oxygen atoms in total. The van der Waals surface area contributed by atoms with Crippen molar-refractivity contribution in [3.05, 3.63) is 68.7 Å². The minimum absolute atomic E-state index is 0.00586. The van der Waals surface area contributed by atoms with Gasteiger partial charge >= 0.3 is 0 Å². The Morgan fingerprint density at radius 1 is 1.23 bits per heavy atom. The SMILES string of the molecule is CC(C)(C)c1ccccc1OCCNC(=O)c1ccc(Cl)c([N+](=O)[O-])c1. The Balaban J connectivity index is 1.94. The number of nitro groups is 1. The summed E-state index contributed by atoms with van der Waals surface area (Å²) in [5, 5.41) is 13.6. The van der Waals surface area contributed by atoms with Crippen molar-refractivity contribution in [1.82, 2.24) is 5.32 Å². The van der Waals surface area contributed by atoms with Gasteiger partial charge in [0.1, 0.15) is 17.4 Å². The molecule has 0 saturated heterocycles. The van der Waals surface area contributed by atoms with Crippen molar-refractivity contribution in [1.29, 1.82) is 0 Å². The van der Waals surface area contributed by atoms with Crippen LogP contribution in [0, 0.1) is 10.1 Å². The van der Waals surface area contributed by atoms with Gasteiger partial charge in [0, 0.05) is 11.6 Å². The van der Waals surface area contributed by atoms with Crippen LogP contribution in [0.1, 0.15) is 36.7 Å². The van der Waals surface area contributed by atoms with Crippen LogP contribution in [-0.4, -0.2) is 24.0 Å². The Hall–Kier alpha value is -2.60. The van der Waals surface area contributed by atoms with Gasteiger partial charge in [0.15, 0.2) is 0 Å². The monoisotopic (exact) mass is 376 g/mol. The van der Waals surface area contributed by atoms with Gasteiger partial charge in [-0.05, 0) is 29.2 Å². The maximum Gasteiger partial charge on any atom is 0.288 e. The maximum absolute atomic E-state index is 12.1.